The zero-order valence-corrected chi connectivity index (χ0v) is 15.9. The molecule has 3 aliphatic heterocycles. The van der Waals surface area contributed by atoms with Crippen molar-refractivity contribution in [2.24, 2.45) is 0 Å². The fourth-order valence-electron chi connectivity index (χ4n) is 5.29. The van der Waals surface area contributed by atoms with E-state index in [0.717, 1.165) is 0 Å². The molecule has 0 bridgehead atoms. The van der Waals surface area contributed by atoms with Crippen molar-refractivity contribution < 1.29 is 21.5 Å². The summed E-state index contributed by atoms with van der Waals surface area (Å²) in [4.78, 5) is 2.76. The van der Waals surface area contributed by atoms with Crippen LogP contribution < -0.4 is 17.0 Å². The second kappa shape index (κ2) is 5.98. The van der Waals surface area contributed by atoms with Crippen LogP contribution in [0.5, 0.6) is 0 Å². The predicted octanol–water partition coefficient (Wildman–Crippen LogP) is 0.347. The van der Waals surface area contributed by atoms with E-state index in [9.17, 15) is 0 Å². The van der Waals surface area contributed by atoms with Gasteiger partial charge in [0.05, 0.1) is 26.2 Å². The zero-order chi connectivity index (χ0) is 15.4. The Morgan fingerprint density at radius 1 is 0.833 bits per heavy atom. The minimum absolute atomic E-state index is 0. The van der Waals surface area contributed by atoms with Crippen LogP contribution in [0, 0.1) is 0 Å². The van der Waals surface area contributed by atoms with E-state index in [1.54, 1.807) is 22.3 Å². The van der Waals surface area contributed by atoms with E-state index < -0.39 is 0 Å². The number of rotatable bonds is 0. The van der Waals surface area contributed by atoms with Crippen LogP contribution in [0.1, 0.15) is 34.3 Å². The first-order chi connectivity index (χ1) is 11.3. The molecule has 0 amide bonds. The Labute approximate surface area is 155 Å². The van der Waals surface area contributed by atoms with Crippen molar-refractivity contribution >= 4 is 0 Å². The van der Waals surface area contributed by atoms with Gasteiger partial charge in [-0.15, -0.1) is 0 Å². The number of quaternary nitrogens is 1. The Hall–Kier alpha value is -1.16. The van der Waals surface area contributed by atoms with Gasteiger partial charge in [-0.3, -0.25) is 4.90 Å². The van der Waals surface area contributed by atoms with Gasteiger partial charge in [0.1, 0.15) is 6.04 Å². The molecule has 2 nitrogen and oxygen atoms in total. The average molecular weight is 385 g/mol. The minimum atomic E-state index is 0. The second-order valence-electron chi connectivity index (χ2n) is 7.75. The van der Waals surface area contributed by atoms with E-state index in [4.69, 9.17) is 0 Å². The van der Waals surface area contributed by atoms with Crippen LogP contribution in [-0.4, -0.2) is 42.6 Å². The lowest BCUT2D eigenvalue weighted by Gasteiger charge is -2.56. The molecule has 2 aromatic carbocycles. The Morgan fingerprint density at radius 3 is 2.29 bits per heavy atom. The maximum atomic E-state index is 2.76. The molecule has 24 heavy (non-hydrogen) atoms. The van der Waals surface area contributed by atoms with Crippen LogP contribution in [-0.2, 0) is 12.8 Å². The zero-order valence-electron chi connectivity index (χ0n) is 14.3. The van der Waals surface area contributed by atoms with Crippen molar-refractivity contribution in [3.05, 3.63) is 70.8 Å². The summed E-state index contributed by atoms with van der Waals surface area (Å²) in [6.45, 7) is 5.04. The van der Waals surface area contributed by atoms with Gasteiger partial charge in [0.15, 0.2) is 0 Å². The van der Waals surface area contributed by atoms with E-state index in [1.807, 2.05) is 0 Å². The fraction of sp³-hybridized carbons (Fsp3) is 0.429. The number of likely N-dealkylation sites (N-methyl/N-ethyl adjacent to an activating group) is 1. The molecule has 0 saturated carbocycles. The quantitative estimate of drug-likeness (QED) is 0.592. The highest BCUT2D eigenvalue weighted by molar-refractivity contribution is 5.39. The Kier molecular flexibility index (Phi) is 4.06. The normalized spacial score (nSPS) is 31.0. The van der Waals surface area contributed by atoms with Gasteiger partial charge in [-0.25, -0.2) is 0 Å². The van der Waals surface area contributed by atoms with Crippen molar-refractivity contribution in [2.45, 2.75) is 24.9 Å². The largest absolute Gasteiger partial charge is 1.00 e. The molecule has 3 aliphatic rings. The topological polar surface area (TPSA) is 3.24 Å². The van der Waals surface area contributed by atoms with Crippen molar-refractivity contribution in [3.63, 3.8) is 0 Å². The summed E-state index contributed by atoms with van der Waals surface area (Å²) < 4.78 is 1.21. The van der Waals surface area contributed by atoms with Gasteiger partial charge in [0.2, 0.25) is 0 Å². The Morgan fingerprint density at radius 2 is 1.50 bits per heavy atom. The monoisotopic (exact) mass is 384 g/mol. The molecule has 1 unspecified atom stereocenters. The maximum absolute atomic E-state index is 2.76. The third kappa shape index (κ3) is 2.29. The molecule has 3 heterocycles. The first-order valence-electron chi connectivity index (χ1n) is 9.00. The number of hydrogen-bond donors (Lipinski definition) is 0. The van der Waals surface area contributed by atoms with Gasteiger partial charge in [-0.1, -0.05) is 48.5 Å². The molecule has 0 aromatic heterocycles. The smallest absolute Gasteiger partial charge is 0.135 e. The molecule has 0 N–H and O–H groups in total. The van der Waals surface area contributed by atoms with Crippen LogP contribution in [0.25, 0.3) is 0 Å². The Bertz CT molecular complexity index is 759. The maximum Gasteiger partial charge on any atom is 0.135 e. The molecule has 0 aliphatic carbocycles. The third-order valence-corrected chi connectivity index (χ3v) is 6.57. The summed E-state index contributed by atoms with van der Waals surface area (Å²) in [5, 5.41) is 0. The molecule has 5 rings (SSSR count). The lowest BCUT2D eigenvalue weighted by molar-refractivity contribution is -0.950. The molecular formula is C21H25BrN2. The Balaban J connectivity index is 0.00000146. The lowest BCUT2D eigenvalue weighted by Crippen LogP contribution is -3.00. The summed E-state index contributed by atoms with van der Waals surface area (Å²) in [6, 6.07) is 19.5. The third-order valence-electron chi connectivity index (χ3n) is 6.57. The van der Waals surface area contributed by atoms with Crippen LogP contribution in [0.4, 0.5) is 0 Å². The average Bonchev–Trinajstić information content (AvgIpc) is 2.60. The van der Waals surface area contributed by atoms with Gasteiger partial charge >= 0.3 is 0 Å². The van der Waals surface area contributed by atoms with Gasteiger partial charge in [-0.2, -0.15) is 0 Å². The molecule has 0 spiro atoms. The molecule has 126 valence electrons. The lowest BCUT2D eigenvalue weighted by atomic mass is 9.78. The molecule has 1 saturated heterocycles. The number of piperazine rings is 1. The summed E-state index contributed by atoms with van der Waals surface area (Å²) in [6.07, 6.45) is 2.45. The summed E-state index contributed by atoms with van der Waals surface area (Å²) in [5.74, 6) is 0. The van der Waals surface area contributed by atoms with E-state index in [1.165, 1.54) is 43.5 Å². The first kappa shape index (κ1) is 16.3. The van der Waals surface area contributed by atoms with Crippen LogP contribution >= 0.6 is 0 Å². The van der Waals surface area contributed by atoms with Gasteiger partial charge in [-0.05, 0) is 23.1 Å². The first-order valence-corrected chi connectivity index (χ1v) is 9.00. The molecular weight excluding hydrogens is 360 g/mol. The van der Waals surface area contributed by atoms with Crippen molar-refractivity contribution in [1.82, 2.24) is 4.90 Å². The number of benzene rings is 2. The highest BCUT2D eigenvalue weighted by Crippen LogP contribution is 2.50. The summed E-state index contributed by atoms with van der Waals surface area (Å²) in [7, 11) is 2.50. The number of halogens is 1. The number of hydrogen-bond acceptors (Lipinski definition) is 1. The van der Waals surface area contributed by atoms with Crippen molar-refractivity contribution in [2.75, 3.05) is 33.2 Å². The van der Waals surface area contributed by atoms with Gasteiger partial charge in [0.25, 0.3) is 0 Å². The van der Waals surface area contributed by atoms with E-state index in [-0.39, 0.29) is 17.0 Å². The second-order valence-corrected chi connectivity index (χ2v) is 7.75. The van der Waals surface area contributed by atoms with E-state index >= 15 is 0 Å². The van der Waals surface area contributed by atoms with Crippen molar-refractivity contribution in [1.29, 1.82) is 0 Å². The van der Waals surface area contributed by atoms with Gasteiger partial charge < -0.3 is 21.5 Å². The minimum Gasteiger partial charge on any atom is -1.00 e. The van der Waals surface area contributed by atoms with Crippen LogP contribution in [0.3, 0.4) is 0 Å². The van der Waals surface area contributed by atoms with Gasteiger partial charge in [0, 0.05) is 25.1 Å². The molecule has 1 fully saturated rings. The predicted molar refractivity (Wildman–Crippen MR) is 93.3 cm³/mol. The summed E-state index contributed by atoms with van der Waals surface area (Å²) in [5.41, 5.74) is 6.35. The highest BCUT2D eigenvalue weighted by atomic mass is 79.9. The number of nitrogens with zero attached hydrogens (tertiary/aromatic N) is 2. The van der Waals surface area contributed by atoms with Crippen LogP contribution in [0.15, 0.2) is 48.5 Å². The SMILES string of the molecule is C[N+]12CCc3ccccc3[C@@H]1[C@H]1c3ccccc3CCN1CC2.[Br-]. The fourth-order valence-corrected chi connectivity index (χ4v) is 5.29. The van der Waals surface area contributed by atoms with E-state index in [0.29, 0.717) is 12.1 Å². The highest BCUT2D eigenvalue weighted by Gasteiger charge is 2.51. The molecule has 3 atom stereocenters. The summed E-state index contributed by atoms with van der Waals surface area (Å²) >= 11 is 0. The van der Waals surface area contributed by atoms with Crippen LogP contribution in [0.2, 0.25) is 0 Å². The molecule has 3 heteroatoms. The molecule has 0 radical (unpaired) electrons. The van der Waals surface area contributed by atoms with Crippen molar-refractivity contribution in [3.8, 4) is 0 Å². The standard InChI is InChI=1S/C21H25N2.BrH/c1-23-14-11-17-7-3-5-9-19(17)21(23)20-18-8-4-2-6-16(18)10-12-22(20)13-15-23;/h2-9,20-21H,10-15H2,1H3;1H/q+1;/p-1/t20-,21-,23?;/m1./s1. The number of fused-ring (bicyclic) bond motifs is 7. The van der Waals surface area contributed by atoms with E-state index in [2.05, 4.69) is 60.5 Å². The molecule has 2 aromatic rings.